The second-order valence-corrected chi connectivity index (χ2v) is 8.11. The molecule has 1 aliphatic rings. The summed E-state index contributed by atoms with van der Waals surface area (Å²) in [5.41, 5.74) is 1.24. The maximum absolute atomic E-state index is 13.1. The fraction of sp³-hybridized carbons (Fsp3) is 0.316. The Morgan fingerprint density at radius 1 is 1.25 bits per heavy atom. The summed E-state index contributed by atoms with van der Waals surface area (Å²) in [6.07, 6.45) is 0. The van der Waals surface area contributed by atoms with Crippen molar-refractivity contribution < 1.29 is 22.7 Å². The first-order chi connectivity index (χ1) is 13.4. The summed E-state index contributed by atoms with van der Waals surface area (Å²) in [5.74, 6) is 1.07. The van der Waals surface area contributed by atoms with Gasteiger partial charge in [0.05, 0.1) is 12.0 Å². The van der Waals surface area contributed by atoms with E-state index in [1.54, 1.807) is 30.3 Å². The molecule has 0 fully saturated rings. The molecular formula is C19H23N3O5S. The number of urea groups is 1. The van der Waals surface area contributed by atoms with Gasteiger partial charge in [-0.15, -0.1) is 0 Å². The van der Waals surface area contributed by atoms with E-state index in [-0.39, 0.29) is 30.6 Å². The van der Waals surface area contributed by atoms with Crippen LogP contribution in [0, 0.1) is 0 Å². The highest BCUT2D eigenvalue weighted by Crippen LogP contribution is 2.30. The van der Waals surface area contributed by atoms with Crippen LogP contribution in [0.15, 0.2) is 47.4 Å². The number of nitrogens with one attached hydrogen (secondary N) is 2. The maximum Gasteiger partial charge on any atom is 0.319 e. The van der Waals surface area contributed by atoms with E-state index in [0.29, 0.717) is 29.3 Å². The molecule has 2 N–H and O–H groups in total. The molecule has 1 aliphatic heterocycles. The quantitative estimate of drug-likeness (QED) is 0.796. The van der Waals surface area contributed by atoms with Crippen molar-refractivity contribution in [2.24, 2.45) is 0 Å². The molecule has 150 valence electrons. The minimum atomic E-state index is -3.73. The SMILES string of the molecule is CCNC(=O)Nc1ccc2c(c1)CN(S(=O)(=O)c1cccc(OC)c1)CCO2. The van der Waals surface area contributed by atoms with Crippen LogP contribution in [-0.4, -0.2) is 45.6 Å². The molecule has 0 atom stereocenters. The van der Waals surface area contributed by atoms with Gasteiger partial charge in [-0.1, -0.05) is 6.07 Å². The van der Waals surface area contributed by atoms with Gasteiger partial charge in [0.25, 0.3) is 0 Å². The number of nitrogens with zero attached hydrogens (tertiary/aromatic N) is 1. The van der Waals surface area contributed by atoms with Crippen LogP contribution in [0.5, 0.6) is 11.5 Å². The highest BCUT2D eigenvalue weighted by atomic mass is 32.2. The fourth-order valence-corrected chi connectivity index (χ4v) is 4.34. The molecule has 0 saturated carbocycles. The molecule has 0 bridgehead atoms. The zero-order chi connectivity index (χ0) is 20.1. The number of carbonyl (C=O) groups is 1. The number of fused-ring (bicyclic) bond motifs is 1. The minimum absolute atomic E-state index is 0.139. The highest BCUT2D eigenvalue weighted by Gasteiger charge is 2.28. The molecule has 9 heteroatoms. The van der Waals surface area contributed by atoms with Gasteiger partial charge in [0.15, 0.2) is 0 Å². The van der Waals surface area contributed by atoms with Crippen LogP contribution in [0.3, 0.4) is 0 Å². The van der Waals surface area contributed by atoms with Gasteiger partial charge in [0, 0.05) is 37.0 Å². The summed E-state index contributed by atoms with van der Waals surface area (Å²) < 4.78 is 38.4. The molecule has 0 aliphatic carbocycles. The van der Waals surface area contributed by atoms with E-state index >= 15 is 0 Å². The van der Waals surface area contributed by atoms with E-state index in [4.69, 9.17) is 9.47 Å². The predicted molar refractivity (Wildman–Crippen MR) is 105 cm³/mol. The monoisotopic (exact) mass is 405 g/mol. The van der Waals surface area contributed by atoms with Gasteiger partial charge in [0.2, 0.25) is 10.0 Å². The van der Waals surface area contributed by atoms with Crippen molar-refractivity contribution in [2.45, 2.75) is 18.4 Å². The Kier molecular flexibility index (Phi) is 6.05. The van der Waals surface area contributed by atoms with Crippen LogP contribution in [0.4, 0.5) is 10.5 Å². The van der Waals surface area contributed by atoms with Crippen molar-refractivity contribution in [2.75, 3.05) is 32.1 Å². The van der Waals surface area contributed by atoms with E-state index in [2.05, 4.69) is 10.6 Å². The molecular weight excluding hydrogens is 382 g/mol. The van der Waals surface area contributed by atoms with E-state index in [0.717, 1.165) is 0 Å². The lowest BCUT2D eigenvalue weighted by Crippen LogP contribution is -2.32. The second kappa shape index (κ2) is 8.49. The smallest absolute Gasteiger partial charge is 0.319 e. The number of carbonyl (C=O) groups excluding carboxylic acids is 1. The lowest BCUT2D eigenvalue weighted by atomic mass is 10.1. The molecule has 2 aromatic carbocycles. The molecule has 0 unspecified atom stereocenters. The summed E-state index contributed by atoms with van der Waals surface area (Å²) in [7, 11) is -2.24. The molecule has 0 spiro atoms. The third kappa shape index (κ3) is 4.37. The van der Waals surface area contributed by atoms with Gasteiger partial charge in [-0.25, -0.2) is 13.2 Å². The van der Waals surface area contributed by atoms with Gasteiger partial charge in [-0.3, -0.25) is 0 Å². The number of anilines is 1. The normalized spacial score (nSPS) is 14.4. The number of amides is 2. The van der Waals surface area contributed by atoms with Crippen molar-refractivity contribution >= 4 is 21.7 Å². The van der Waals surface area contributed by atoms with Crippen molar-refractivity contribution in [1.29, 1.82) is 0 Å². The standard InChI is InChI=1S/C19H23N3O5S/c1-3-20-19(23)21-15-7-8-18-14(11-15)13-22(9-10-27-18)28(24,25)17-6-4-5-16(12-17)26-2/h4-8,11-12H,3,9-10,13H2,1-2H3,(H2,20,21,23). The Balaban J connectivity index is 1.87. The molecule has 0 aromatic heterocycles. The van der Waals surface area contributed by atoms with Crippen LogP contribution >= 0.6 is 0 Å². The summed E-state index contributed by atoms with van der Waals surface area (Å²) in [5, 5.41) is 5.38. The Morgan fingerprint density at radius 3 is 2.82 bits per heavy atom. The molecule has 0 saturated heterocycles. The molecule has 28 heavy (non-hydrogen) atoms. The first kappa shape index (κ1) is 20.0. The van der Waals surface area contributed by atoms with Crippen LogP contribution in [0.2, 0.25) is 0 Å². The largest absolute Gasteiger partial charge is 0.497 e. The number of sulfonamides is 1. The van der Waals surface area contributed by atoms with Crippen LogP contribution in [-0.2, 0) is 16.6 Å². The van der Waals surface area contributed by atoms with Gasteiger partial charge in [-0.05, 0) is 37.3 Å². The van der Waals surface area contributed by atoms with Crippen molar-refractivity contribution in [3.05, 3.63) is 48.0 Å². The zero-order valence-corrected chi connectivity index (χ0v) is 16.6. The summed E-state index contributed by atoms with van der Waals surface area (Å²) in [4.78, 5) is 11.9. The number of hydrogen-bond donors (Lipinski definition) is 2. The number of hydrogen-bond acceptors (Lipinski definition) is 5. The average molecular weight is 405 g/mol. The lowest BCUT2D eigenvalue weighted by molar-refractivity contribution is 0.252. The fourth-order valence-electron chi connectivity index (χ4n) is 2.90. The van der Waals surface area contributed by atoms with E-state index in [1.165, 1.54) is 23.5 Å². The highest BCUT2D eigenvalue weighted by molar-refractivity contribution is 7.89. The third-order valence-corrected chi connectivity index (χ3v) is 6.12. The molecule has 3 rings (SSSR count). The first-order valence-electron chi connectivity index (χ1n) is 8.89. The number of benzene rings is 2. The number of ether oxygens (including phenoxy) is 2. The Morgan fingerprint density at radius 2 is 2.07 bits per heavy atom. The Labute approximate surface area is 164 Å². The van der Waals surface area contributed by atoms with E-state index < -0.39 is 10.0 Å². The molecule has 2 amide bonds. The summed E-state index contributed by atoms with van der Waals surface area (Å²) in [6, 6.07) is 11.2. The zero-order valence-electron chi connectivity index (χ0n) is 15.8. The Hall–Kier alpha value is -2.78. The van der Waals surface area contributed by atoms with Crippen molar-refractivity contribution in [3.63, 3.8) is 0 Å². The molecule has 0 radical (unpaired) electrons. The minimum Gasteiger partial charge on any atom is -0.497 e. The van der Waals surface area contributed by atoms with Crippen LogP contribution in [0.25, 0.3) is 0 Å². The van der Waals surface area contributed by atoms with Gasteiger partial charge < -0.3 is 20.1 Å². The third-order valence-electron chi connectivity index (χ3n) is 4.28. The molecule has 8 nitrogen and oxygen atoms in total. The predicted octanol–water partition coefficient (Wildman–Crippen LogP) is 2.42. The molecule has 1 heterocycles. The maximum atomic E-state index is 13.1. The van der Waals surface area contributed by atoms with E-state index in [9.17, 15) is 13.2 Å². The topological polar surface area (TPSA) is 97.0 Å². The second-order valence-electron chi connectivity index (χ2n) is 6.17. The van der Waals surface area contributed by atoms with Crippen LogP contribution < -0.4 is 20.1 Å². The number of methoxy groups -OCH3 is 1. The summed E-state index contributed by atoms with van der Waals surface area (Å²) in [6.45, 7) is 2.92. The van der Waals surface area contributed by atoms with E-state index in [1.807, 2.05) is 6.92 Å². The van der Waals surface area contributed by atoms with Crippen LogP contribution in [0.1, 0.15) is 12.5 Å². The lowest BCUT2D eigenvalue weighted by Gasteiger charge is -2.20. The van der Waals surface area contributed by atoms with Gasteiger partial charge >= 0.3 is 6.03 Å². The first-order valence-corrected chi connectivity index (χ1v) is 10.3. The van der Waals surface area contributed by atoms with Gasteiger partial charge in [-0.2, -0.15) is 4.31 Å². The average Bonchev–Trinajstić information content (AvgIpc) is 2.90. The number of rotatable bonds is 5. The Bertz CT molecular complexity index is 962. The van der Waals surface area contributed by atoms with Crippen molar-refractivity contribution in [1.82, 2.24) is 9.62 Å². The summed E-state index contributed by atoms with van der Waals surface area (Å²) >= 11 is 0. The molecule has 2 aromatic rings. The van der Waals surface area contributed by atoms with Gasteiger partial charge in [0.1, 0.15) is 18.1 Å². The van der Waals surface area contributed by atoms with Crippen molar-refractivity contribution in [3.8, 4) is 11.5 Å².